The standard InChI is InChI=1S/C21H23Cl2N5O/c1-14-7-6-8-16(11-14)28-21(24-25-26-28)19(27-9-4-3-5-10-27)17-12-15(22)13-18(23)20(17)29-2/h6-8,11-13,19H,3-5,9-10H2,1-2H3/t19-/m0/s1. The van der Waals surface area contributed by atoms with Crippen molar-refractivity contribution in [2.24, 2.45) is 0 Å². The first-order chi connectivity index (χ1) is 14.1. The summed E-state index contributed by atoms with van der Waals surface area (Å²) in [5.41, 5.74) is 2.93. The maximum atomic E-state index is 6.47. The van der Waals surface area contributed by atoms with Gasteiger partial charge in [-0.1, -0.05) is 41.8 Å². The Morgan fingerprint density at radius 2 is 1.86 bits per heavy atom. The molecule has 2 heterocycles. The van der Waals surface area contributed by atoms with Gasteiger partial charge in [0, 0.05) is 10.6 Å². The van der Waals surface area contributed by atoms with Crippen LogP contribution in [0.15, 0.2) is 36.4 Å². The molecule has 6 nitrogen and oxygen atoms in total. The molecule has 152 valence electrons. The second-order valence-electron chi connectivity index (χ2n) is 7.30. The van der Waals surface area contributed by atoms with Gasteiger partial charge in [0.05, 0.1) is 17.8 Å². The van der Waals surface area contributed by atoms with Crippen molar-refractivity contribution in [1.29, 1.82) is 0 Å². The summed E-state index contributed by atoms with van der Waals surface area (Å²) in [7, 11) is 1.62. The van der Waals surface area contributed by atoms with E-state index in [9.17, 15) is 0 Å². The van der Waals surface area contributed by atoms with E-state index in [2.05, 4.69) is 39.5 Å². The third-order valence-corrected chi connectivity index (χ3v) is 5.78. The molecule has 1 atom stereocenters. The first-order valence-corrected chi connectivity index (χ1v) is 10.5. The Bertz CT molecular complexity index is 1000. The highest BCUT2D eigenvalue weighted by atomic mass is 35.5. The van der Waals surface area contributed by atoms with E-state index in [1.165, 1.54) is 6.42 Å². The maximum absolute atomic E-state index is 6.47. The molecule has 1 saturated heterocycles. The minimum atomic E-state index is -0.225. The third-order valence-electron chi connectivity index (χ3n) is 5.28. The molecule has 0 radical (unpaired) electrons. The number of benzene rings is 2. The average Bonchev–Trinajstić information content (AvgIpc) is 3.18. The van der Waals surface area contributed by atoms with E-state index in [1.807, 2.05) is 18.2 Å². The Kier molecular flexibility index (Phi) is 6.04. The summed E-state index contributed by atoms with van der Waals surface area (Å²) in [6, 6.07) is 11.5. The highest BCUT2D eigenvalue weighted by molar-refractivity contribution is 6.35. The molecule has 1 aliphatic rings. The molecular formula is C21H23Cl2N5O. The van der Waals surface area contributed by atoms with Gasteiger partial charge in [-0.15, -0.1) is 5.10 Å². The summed E-state index contributed by atoms with van der Waals surface area (Å²) >= 11 is 12.9. The molecule has 0 amide bonds. The van der Waals surface area contributed by atoms with Crippen LogP contribution in [0.2, 0.25) is 10.0 Å². The Hall–Kier alpha value is -2.15. The van der Waals surface area contributed by atoms with Crippen molar-refractivity contribution in [3.8, 4) is 11.4 Å². The van der Waals surface area contributed by atoms with Crippen molar-refractivity contribution in [2.45, 2.75) is 32.2 Å². The molecule has 0 bridgehead atoms. The summed E-state index contributed by atoms with van der Waals surface area (Å²) in [4.78, 5) is 2.38. The lowest BCUT2D eigenvalue weighted by Crippen LogP contribution is -2.36. The van der Waals surface area contributed by atoms with Gasteiger partial charge in [-0.05, 0) is 73.1 Å². The quantitative estimate of drug-likeness (QED) is 0.576. The fourth-order valence-electron chi connectivity index (χ4n) is 3.98. The van der Waals surface area contributed by atoms with Crippen molar-refractivity contribution < 1.29 is 4.74 Å². The molecule has 3 aromatic rings. The number of rotatable bonds is 5. The van der Waals surface area contributed by atoms with Gasteiger partial charge in [-0.3, -0.25) is 4.90 Å². The van der Waals surface area contributed by atoms with Crippen molar-refractivity contribution in [1.82, 2.24) is 25.1 Å². The molecule has 8 heteroatoms. The summed E-state index contributed by atoms with van der Waals surface area (Å²) in [6.45, 7) is 3.94. The van der Waals surface area contributed by atoms with Gasteiger partial charge in [0.25, 0.3) is 0 Å². The largest absolute Gasteiger partial charge is 0.495 e. The van der Waals surface area contributed by atoms with Crippen molar-refractivity contribution in [3.63, 3.8) is 0 Å². The Balaban J connectivity index is 1.89. The lowest BCUT2D eigenvalue weighted by atomic mass is 9.99. The monoisotopic (exact) mass is 431 g/mol. The third kappa shape index (κ3) is 4.10. The van der Waals surface area contributed by atoms with Crippen molar-refractivity contribution in [2.75, 3.05) is 20.2 Å². The summed E-state index contributed by atoms with van der Waals surface area (Å²) in [5.74, 6) is 1.32. The van der Waals surface area contributed by atoms with Gasteiger partial charge in [0.2, 0.25) is 0 Å². The number of aryl methyl sites for hydroxylation is 1. The van der Waals surface area contributed by atoms with E-state index in [1.54, 1.807) is 17.9 Å². The van der Waals surface area contributed by atoms with Gasteiger partial charge in [0.15, 0.2) is 5.82 Å². The fourth-order valence-corrected chi connectivity index (χ4v) is 4.57. The zero-order valence-electron chi connectivity index (χ0n) is 16.5. The first-order valence-electron chi connectivity index (χ1n) is 9.71. The molecule has 0 aliphatic carbocycles. The number of likely N-dealkylation sites (tertiary alicyclic amines) is 1. The van der Waals surface area contributed by atoms with Crippen LogP contribution in [-0.4, -0.2) is 45.3 Å². The Morgan fingerprint density at radius 1 is 1.07 bits per heavy atom. The smallest absolute Gasteiger partial charge is 0.178 e. The molecule has 0 spiro atoms. The van der Waals surface area contributed by atoms with Crippen LogP contribution in [-0.2, 0) is 0 Å². The number of hydrogen-bond acceptors (Lipinski definition) is 5. The van der Waals surface area contributed by atoms with Gasteiger partial charge < -0.3 is 4.74 Å². The Labute approximate surface area is 180 Å². The lowest BCUT2D eigenvalue weighted by molar-refractivity contribution is 0.177. The molecule has 4 rings (SSSR count). The number of ether oxygens (including phenoxy) is 1. The number of halogens is 2. The van der Waals surface area contributed by atoms with Gasteiger partial charge in [-0.2, -0.15) is 4.68 Å². The number of hydrogen-bond donors (Lipinski definition) is 0. The molecule has 0 unspecified atom stereocenters. The minimum Gasteiger partial charge on any atom is -0.495 e. The van der Waals surface area contributed by atoms with Gasteiger partial charge in [0.1, 0.15) is 11.8 Å². The van der Waals surface area contributed by atoms with Gasteiger partial charge in [-0.25, -0.2) is 0 Å². The highest BCUT2D eigenvalue weighted by Gasteiger charge is 2.32. The molecule has 29 heavy (non-hydrogen) atoms. The summed E-state index contributed by atoms with van der Waals surface area (Å²) in [5, 5.41) is 13.8. The highest BCUT2D eigenvalue weighted by Crippen LogP contribution is 2.41. The Morgan fingerprint density at radius 3 is 2.59 bits per heavy atom. The topological polar surface area (TPSA) is 56.1 Å². The van der Waals surface area contributed by atoms with Crippen molar-refractivity contribution in [3.05, 3.63) is 63.4 Å². The summed E-state index contributed by atoms with van der Waals surface area (Å²) in [6.07, 6.45) is 3.47. The SMILES string of the molecule is COc1c(Cl)cc(Cl)cc1[C@@H](c1nnnn1-c1cccc(C)c1)N1CCCCC1. The van der Waals surface area contributed by atoms with E-state index in [-0.39, 0.29) is 6.04 Å². The van der Waals surface area contributed by atoms with Crippen LogP contribution in [0.3, 0.4) is 0 Å². The second-order valence-corrected chi connectivity index (χ2v) is 8.14. The van der Waals surface area contributed by atoms with E-state index in [0.29, 0.717) is 21.6 Å². The number of aromatic nitrogens is 4. The molecule has 1 aromatic heterocycles. The van der Waals surface area contributed by atoms with E-state index in [4.69, 9.17) is 27.9 Å². The first kappa shape index (κ1) is 20.1. The van der Waals surface area contributed by atoms with E-state index < -0.39 is 0 Å². The predicted molar refractivity (Wildman–Crippen MR) is 114 cm³/mol. The van der Waals surface area contributed by atoms with Crippen LogP contribution in [0.4, 0.5) is 0 Å². The molecule has 2 aromatic carbocycles. The molecule has 0 N–H and O–H groups in total. The maximum Gasteiger partial charge on any atom is 0.178 e. The molecular weight excluding hydrogens is 409 g/mol. The molecule has 1 fully saturated rings. The van der Waals surface area contributed by atoms with Crippen LogP contribution in [0, 0.1) is 6.92 Å². The van der Waals surface area contributed by atoms with E-state index >= 15 is 0 Å². The molecule has 1 aliphatic heterocycles. The number of methoxy groups -OCH3 is 1. The van der Waals surface area contributed by atoms with Crippen LogP contribution in [0.1, 0.15) is 42.3 Å². The van der Waals surface area contributed by atoms with Gasteiger partial charge >= 0.3 is 0 Å². The van der Waals surface area contributed by atoms with Crippen LogP contribution < -0.4 is 4.74 Å². The molecule has 0 saturated carbocycles. The normalized spacial score (nSPS) is 16.0. The average molecular weight is 432 g/mol. The number of piperidine rings is 1. The summed E-state index contributed by atoms with van der Waals surface area (Å²) < 4.78 is 7.46. The van der Waals surface area contributed by atoms with Crippen molar-refractivity contribution >= 4 is 23.2 Å². The van der Waals surface area contributed by atoms with Crippen LogP contribution >= 0.6 is 23.2 Å². The number of nitrogens with zero attached hydrogens (tertiary/aromatic N) is 5. The number of tetrazole rings is 1. The second kappa shape index (κ2) is 8.69. The zero-order valence-corrected chi connectivity index (χ0v) is 18.0. The predicted octanol–water partition coefficient (Wildman–Crippen LogP) is 4.86. The zero-order chi connectivity index (χ0) is 20.4. The van der Waals surface area contributed by atoms with Crippen LogP contribution in [0.25, 0.3) is 5.69 Å². The lowest BCUT2D eigenvalue weighted by Gasteiger charge is -2.34. The van der Waals surface area contributed by atoms with E-state index in [0.717, 1.165) is 42.7 Å². The fraction of sp³-hybridized carbons (Fsp3) is 0.381. The van der Waals surface area contributed by atoms with Crippen LogP contribution in [0.5, 0.6) is 5.75 Å². The minimum absolute atomic E-state index is 0.225.